The van der Waals surface area contributed by atoms with Crippen molar-refractivity contribution in [3.63, 3.8) is 0 Å². The predicted molar refractivity (Wildman–Crippen MR) is 91.3 cm³/mol. The molecule has 1 unspecified atom stereocenters. The lowest BCUT2D eigenvalue weighted by Crippen LogP contribution is -2.52. The Hall–Kier alpha value is -0.390. The molecule has 0 spiro atoms. The molecule has 4 nitrogen and oxygen atoms in total. The van der Waals surface area contributed by atoms with E-state index in [0.29, 0.717) is 0 Å². The Bertz CT molecular complexity index is 447. The van der Waals surface area contributed by atoms with Gasteiger partial charge in [0, 0.05) is 12.1 Å². The molecule has 2 N–H and O–H groups in total. The number of aromatic nitrogens is 2. The summed E-state index contributed by atoms with van der Waals surface area (Å²) in [5.41, 5.74) is 8.02. The molecular formula is C16H29BrN4. The second kappa shape index (κ2) is 7.25. The first-order valence-corrected chi connectivity index (χ1v) is 8.96. The van der Waals surface area contributed by atoms with E-state index < -0.39 is 0 Å². The molecule has 120 valence electrons. The zero-order valence-electron chi connectivity index (χ0n) is 13.6. The highest BCUT2D eigenvalue weighted by Crippen LogP contribution is 2.41. The zero-order chi connectivity index (χ0) is 15.5. The van der Waals surface area contributed by atoms with Gasteiger partial charge in [-0.25, -0.2) is 0 Å². The normalized spacial score (nSPS) is 20.5. The molecule has 1 atom stereocenters. The number of halogens is 1. The van der Waals surface area contributed by atoms with Gasteiger partial charge in [-0.15, -0.1) is 0 Å². The predicted octanol–water partition coefficient (Wildman–Crippen LogP) is 3.71. The number of nitrogens with two attached hydrogens (primary N) is 1. The number of hydrogen-bond donors (Lipinski definition) is 1. The van der Waals surface area contributed by atoms with Crippen LogP contribution in [0.1, 0.15) is 63.6 Å². The third-order valence-electron chi connectivity index (χ3n) is 5.00. The van der Waals surface area contributed by atoms with E-state index in [1.54, 1.807) is 0 Å². The summed E-state index contributed by atoms with van der Waals surface area (Å²) < 4.78 is 3.14. The van der Waals surface area contributed by atoms with Crippen molar-refractivity contribution in [1.29, 1.82) is 0 Å². The molecule has 1 aliphatic rings. The van der Waals surface area contributed by atoms with Crippen molar-refractivity contribution < 1.29 is 0 Å². The third-order valence-corrected chi connectivity index (χ3v) is 5.61. The molecule has 1 aromatic rings. The summed E-state index contributed by atoms with van der Waals surface area (Å²) in [6.45, 7) is 3.11. The fraction of sp³-hybridized carbons (Fsp3) is 0.812. The molecule has 1 aliphatic carbocycles. The van der Waals surface area contributed by atoms with E-state index in [2.05, 4.69) is 51.6 Å². The van der Waals surface area contributed by atoms with E-state index in [-0.39, 0.29) is 11.6 Å². The molecule has 21 heavy (non-hydrogen) atoms. The van der Waals surface area contributed by atoms with Gasteiger partial charge in [-0.2, -0.15) is 5.10 Å². The van der Waals surface area contributed by atoms with Gasteiger partial charge in [0.1, 0.15) is 0 Å². The van der Waals surface area contributed by atoms with Crippen LogP contribution in [-0.4, -0.2) is 34.3 Å². The minimum absolute atomic E-state index is 0.00553. The fourth-order valence-corrected chi connectivity index (χ4v) is 4.25. The Balaban J connectivity index is 2.38. The molecule has 0 radical (unpaired) electrons. The topological polar surface area (TPSA) is 47.1 Å². The summed E-state index contributed by atoms with van der Waals surface area (Å²) in [5.74, 6) is 0. The Kier molecular flexibility index (Phi) is 5.86. The van der Waals surface area contributed by atoms with E-state index >= 15 is 0 Å². The van der Waals surface area contributed by atoms with Gasteiger partial charge in [0.15, 0.2) is 0 Å². The smallest absolute Gasteiger partial charge is 0.0712 e. The van der Waals surface area contributed by atoms with Crippen LogP contribution in [0.4, 0.5) is 0 Å². The van der Waals surface area contributed by atoms with Gasteiger partial charge in [0.2, 0.25) is 0 Å². The van der Waals surface area contributed by atoms with E-state index in [1.165, 1.54) is 38.5 Å². The van der Waals surface area contributed by atoms with Crippen molar-refractivity contribution in [3.05, 3.63) is 16.4 Å². The summed E-state index contributed by atoms with van der Waals surface area (Å²) in [4.78, 5) is 2.36. The third kappa shape index (κ3) is 3.35. The van der Waals surface area contributed by atoms with E-state index in [1.807, 2.05) is 6.20 Å². The zero-order valence-corrected chi connectivity index (χ0v) is 15.2. The van der Waals surface area contributed by atoms with Crippen LogP contribution in [0.15, 0.2) is 10.7 Å². The largest absolute Gasteiger partial charge is 0.321 e. The van der Waals surface area contributed by atoms with Gasteiger partial charge >= 0.3 is 0 Å². The molecule has 0 aromatic carbocycles. The monoisotopic (exact) mass is 356 g/mol. The SMILES string of the molecule is CCCn1ncc(Br)c1C(N)C1(N(C)C)CCCCCC1. The van der Waals surface area contributed by atoms with Crippen molar-refractivity contribution in [1.82, 2.24) is 14.7 Å². The second-order valence-electron chi connectivity index (χ2n) is 6.49. The molecule has 1 aromatic heterocycles. The van der Waals surface area contributed by atoms with Gasteiger partial charge < -0.3 is 10.6 Å². The molecule has 2 rings (SSSR count). The maximum absolute atomic E-state index is 6.82. The molecule has 5 heteroatoms. The van der Waals surface area contributed by atoms with Crippen LogP contribution < -0.4 is 5.73 Å². The van der Waals surface area contributed by atoms with Crippen molar-refractivity contribution in [2.45, 2.75) is 70.0 Å². The van der Waals surface area contributed by atoms with E-state index in [9.17, 15) is 0 Å². The van der Waals surface area contributed by atoms with Crippen LogP contribution in [0, 0.1) is 0 Å². The first-order chi connectivity index (χ1) is 10.0. The second-order valence-corrected chi connectivity index (χ2v) is 7.35. The average molecular weight is 357 g/mol. The van der Waals surface area contributed by atoms with Gasteiger partial charge in [-0.3, -0.25) is 4.68 Å². The quantitative estimate of drug-likeness (QED) is 0.818. The van der Waals surface area contributed by atoms with E-state index in [0.717, 1.165) is 23.1 Å². The molecule has 0 aliphatic heterocycles. The molecule has 0 amide bonds. The first-order valence-electron chi connectivity index (χ1n) is 8.17. The van der Waals surface area contributed by atoms with E-state index in [4.69, 9.17) is 5.73 Å². The fourth-order valence-electron chi connectivity index (χ4n) is 3.70. The highest BCUT2D eigenvalue weighted by molar-refractivity contribution is 9.10. The molecule has 1 fully saturated rings. The lowest BCUT2D eigenvalue weighted by atomic mass is 9.80. The van der Waals surface area contributed by atoms with Gasteiger partial charge in [-0.05, 0) is 49.3 Å². The van der Waals surface area contributed by atoms with Crippen molar-refractivity contribution in [3.8, 4) is 0 Å². The standard InChI is InChI=1S/C16H29BrN4/c1-4-11-21-14(13(17)12-19-21)15(18)16(20(2)3)9-7-5-6-8-10-16/h12,15H,4-11,18H2,1-3H3. The molecule has 0 bridgehead atoms. The lowest BCUT2D eigenvalue weighted by Gasteiger charge is -2.44. The van der Waals surface area contributed by atoms with Gasteiger partial charge in [0.05, 0.1) is 22.4 Å². The number of aryl methyl sites for hydroxylation is 1. The van der Waals surface area contributed by atoms with Crippen LogP contribution in [0.3, 0.4) is 0 Å². The molecule has 1 heterocycles. The van der Waals surface area contributed by atoms with Crippen molar-refractivity contribution in [2.75, 3.05) is 14.1 Å². The summed E-state index contributed by atoms with van der Waals surface area (Å²) >= 11 is 3.67. The summed E-state index contributed by atoms with van der Waals surface area (Å²) in [7, 11) is 4.36. The van der Waals surface area contributed by atoms with Crippen LogP contribution in [0.5, 0.6) is 0 Å². The lowest BCUT2D eigenvalue weighted by molar-refractivity contribution is 0.0928. The Labute approximate surface area is 137 Å². The summed E-state index contributed by atoms with van der Waals surface area (Å²) in [5, 5.41) is 4.51. The Morgan fingerprint density at radius 3 is 2.48 bits per heavy atom. The highest BCUT2D eigenvalue weighted by Gasteiger charge is 2.41. The van der Waals surface area contributed by atoms with Crippen LogP contribution >= 0.6 is 15.9 Å². The number of nitrogens with zero attached hydrogens (tertiary/aromatic N) is 3. The molecule has 0 saturated heterocycles. The maximum Gasteiger partial charge on any atom is 0.0712 e. The number of hydrogen-bond acceptors (Lipinski definition) is 3. The Morgan fingerprint density at radius 1 is 1.33 bits per heavy atom. The number of likely N-dealkylation sites (N-methyl/N-ethyl adjacent to an activating group) is 1. The van der Waals surface area contributed by atoms with Gasteiger partial charge in [0.25, 0.3) is 0 Å². The van der Waals surface area contributed by atoms with Crippen LogP contribution in [-0.2, 0) is 6.54 Å². The van der Waals surface area contributed by atoms with Crippen LogP contribution in [0.25, 0.3) is 0 Å². The summed E-state index contributed by atoms with van der Waals surface area (Å²) in [6.07, 6.45) is 10.5. The first kappa shape index (κ1) is 17.0. The molecular weight excluding hydrogens is 328 g/mol. The maximum atomic E-state index is 6.82. The average Bonchev–Trinajstić information content (AvgIpc) is 2.67. The van der Waals surface area contributed by atoms with Crippen LogP contribution in [0.2, 0.25) is 0 Å². The van der Waals surface area contributed by atoms with Crippen molar-refractivity contribution in [2.24, 2.45) is 5.73 Å². The Morgan fingerprint density at radius 2 is 1.95 bits per heavy atom. The molecule has 1 saturated carbocycles. The highest BCUT2D eigenvalue weighted by atomic mass is 79.9. The number of rotatable bonds is 5. The van der Waals surface area contributed by atoms with Gasteiger partial charge in [-0.1, -0.05) is 32.6 Å². The minimum Gasteiger partial charge on any atom is -0.321 e. The minimum atomic E-state index is -0.00553. The summed E-state index contributed by atoms with van der Waals surface area (Å²) in [6, 6.07) is -0.00553. The van der Waals surface area contributed by atoms with Crippen molar-refractivity contribution >= 4 is 15.9 Å².